The number of nitrogens with zero attached hydrogens (tertiary/aromatic N) is 2. The van der Waals surface area contributed by atoms with Gasteiger partial charge in [0.15, 0.2) is 0 Å². The van der Waals surface area contributed by atoms with Gasteiger partial charge in [0.25, 0.3) is 11.8 Å². The van der Waals surface area contributed by atoms with Crippen LogP contribution in [0.1, 0.15) is 52.0 Å². The first-order valence-corrected chi connectivity index (χ1v) is 12.1. The number of carbonyl (C=O) groups excluding carboxylic acids is 3. The van der Waals surface area contributed by atoms with E-state index in [4.69, 9.17) is 4.74 Å². The van der Waals surface area contributed by atoms with Crippen molar-refractivity contribution in [3.8, 4) is 5.75 Å². The molecule has 1 N–H and O–H groups in total. The van der Waals surface area contributed by atoms with Crippen molar-refractivity contribution in [3.05, 3.63) is 65.2 Å². The number of hydrogen-bond donors (Lipinski definition) is 1. The van der Waals surface area contributed by atoms with Crippen LogP contribution in [0, 0.1) is 12.8 Å². The molecule has 2 heterocycles. The molecule has 0 saturated carbocycles. The molecule has 2 saturated heterocycles. The molecule has 0 aromatic heterocycles. The fraction of sp³-hybridized carbons (Fsp3) is 0.444. The second kappa shape index (κ2) is 10.7. The third kappa shape index (κ3) is 5.41. The number of benzene rings is 2. The highest BCUT2D eigenvalue weighted by Gasteiger charge is 2.37. The van der Waals surface area contributed by atoms with Gasteiger partial charge in [0.1, 0.15) is 11.8 Å². The number of amides is 3. The third-order valence-corrected chi connectivity index (χ3v) is 6.89. The molecule has 2 aromatic carbocycles. The van der Waals surface area contributed by atoms with Crippen LogP contribution in [0.15, 0.2) is 48.5 Å². The van der Waals surface area contributed by atoms with Crippen LogP contribution in [-0.4, -0.2) is 66.9 Å². The average molecular weight is 464 g/mol. The third-order valence-electron chi connectivity index (χ3n) is 6.89. The Hall–Kier alpha value is -3.35. The average Bonchev–Trinajstić information content (AvgIpc) is 3.42. The predicted octanol–water partition coefficient (Wildman–Crippen LogP) is 3.28. The smallest absolute Gasteiger partial charge is 0.253 e. The highest BCUT2D eigenvalue weighted by molar-refractivity contribution is 5.98. The van der Waals surface area contributed by atoms with Crippen molar-refractivity contribution in [3.63, 3.8) is 0 Å². The van der Waals surface area contributed by atoms with E-state index in [2.05, 4.69) is 5.32 Å². The molecule has 180 valence electrons. The molecule has 0 radical (unpaired) electrons. The Bertz CT molecular complexity index is 1020. The Balaban J connectivity index is 1.45. The Labute approximate surface area is 201 Å². The maximum absolute atomic E-state index is 13.4. The minimum atomic E-state index is -0.594. The lowest BCUT2D eigenvalue weighted by Crippen LogP contribution is -2.54. The molecule has 2 aliphatic rings. The molecule has 1 unspecified atom stereocenters. The molecule has 1 atom stereocenters. The zero-order valence-corrected chi connectivity index (χ0v) is 20.0. The fourth-order valence-electron chi connectivity index (χ4n) is 4.88. The number of carbonyl (C=O) groups is 3. The highest BCUT2D eigenvalue weighted by Crippen LogP contribution is 2.25. The number of hydrogen-bond acceptors (Lipinski definition) is 4. The van der Waals surface area contributed by atoms with Gasteiger partial charge in [-0.05, 0) is 74.9 Å². The largest absolute Gasteiger partial charge is 0.497 e. The van der Waals surface area contributed by atoms with E-state index in [0.717, 1.165) is 31.5 Å². The van der Waals surface area contributed by atoms with Gasteiger partial charge in [0, 0.05) is 37.3 Å². The molecule has 7 heteroatoms. The van der Waals surface area contributed by atoms with Crippen molar-refractivity contribution < 1.29 is 19.1 Å². The van der Waals surface area contributed by atoms with E-state index in [0.29, 0.717) is 42.8 Å². The normalized spacial score (nSPS) is 17.4. The minimum Gasteiger partial charge on any atom is -0.497 e. The molecule has 0 bridgehead atoms. The number of piperidine rings is 1. The van der Waals surface area contributed by atoms with Crippen molar-refractivity contribution in [2.75, 3.05) is 33.3 Å². The fourth-order valence-corrected chi connectivity index (χ4v) is 4.88. The molecule has 2 fully saturated rings. The van der Waals surface area contributed by atoms with Crippen LogP contribution in [0.3, 0.4) is 0 Å². The van der Waals surface area contributed by atoms with Crippen molar-refractivity contribution in [2.24, 2.45) is 5.92 Å². The molecule has 34 heavy (non-hydrogen) atoms. The van der Waals surface area contributed by atoms with Crippen LogP contribution in [0.5, 0.6) is 5.75 Å². The molecule has 3 amide bonds. The lowest BCUT2D eigenvalue weighted by atomic mass is 9.88. The summed E-state index contributed by atoms with van der Waals surface area (Å²) in [5.74, 6) is 0.400. The summed E-state index contributed by atoms with van der Waals surface area (Å²) >= 11 is 0. The summed E-state index contributed by atoms with van der Waals surface area (Å²) in [6.07, 6.45) is 3.33. The van der Waals surface area contributed by atoms with Crippen molar-refractivity contribution >= 4 is 17.7 Å². The number of likely N-dealkylation sites (tertiary alicyclic amines) is 2. The van der Waals surface area contributed by atoms with E-state index in [9.17, 15) is 14.4 Å². The van der Waals surface area contributed by atoms with Crippen LogP contribution in [0.25, 0.3) is 0 Å². The molecular weight excluding hydrogens is 430 g/mol. The van der Waals surface area contributed by atoms with Gasteiger partial charge in [0.05, 0.1) is 7.11 Å². The standard InChI is InChI=1S/C27H33N3O4/c1-19-6-5-7-22(18-19)26(32)30-16-12-20(13-17-30)24(27(33)29-14-3-4-15-29)28-25(31)21-8-10-23(34-2)11-9-21/h5-11,18,20,24H,3-4,12-17H2,1-2H3,(H,28,31). The monoisotopic (exact) mass is 463 g/mol. The Morgan fingerprint density at radius 3 is 2.21 bits per heavy atom. The number of aryl methyl sites for hydroxylation is 1. The van der Waals surface area contributed by atoms with E-state index in [1.54, 1.807) is 31.4 Å². The zero-order valence-electron chi connectivity index (χ0n) is 20.0. The molecule has 0 spiro atoms. The van der Waals surface area contributed by atoms with Gasteiger partial charge in [0.2, 0.25) is 5.91 Å². The molecule has 7 nitrogen and oxygen atoms in total. The first-order valence-electron chi connectivity index (χ1n) is 12.1. The Morgan fingerprint density at radius 1 is 0.912 bits per heavy atom. The van der Waals surface area contributed by atoms with Gasteiger partial charge in [-0.1, -0.05) is 17.7 Å². The van der Waals surface area contributed by atoms with Crippen LogP contribution in [0.4, 0.5) is 0 Å². The highest BCUT2D eigenvalue weighted by atomic mass is 16.5. The minimum absolute atomic E-state index is 0.0113. The summed E-state index contributed by atoms with van der Waals surface area (Å²) in [7, 11) is 1.58. The summed E-state index contributed by atoms with van der Waals surface area (Å²) < 4.78 is 5.17. The SMILES string of the molecule is COc1ccc(C(=O)NC(C(=O)N2CCCC2)C2CCN(C(=O)c3cccc(C)c3)CC2)cc1. The van der Waals surface area contributed by atoms with E-state index in [1.165, 1.54) is 0 Å². The van der Waals surface area contributed by atoms with Crippen molar-refractivity contribution in [1.29, 1.82) is 0 Å². The quantitative estimate of drug-likeness (QED) is 0.713. The maximum atomic E-state index is 13.4. The van der Waals surface area contributed by atoms with Crippen LogP contribution in [-0.2, 0) is 4.79 Å². The van der Waals surface area contributed by atoms with Gasteiger partial charge >= 0.3 is 0 Å². The first kappa shape index (κ1) is 23.8. The molecule has 2 aliphatic heterocycles. The molecule has 2 aromatic rings. The number of methoxy groups -OCH3 is 1. The van der Waals surface area contributed by atoms with Crippen LogP contribution < -0.4 is 10.1 Å². The van der Waals surface area contributed by atoms with E-state index < -0.39 is 6.04 Å². The van der Waals surface area contributed by atoms with Crippen LogP contribution in [0.2, 0.25) is 0 Å². The van der Waals surface area contributed by atoms with Gasteiger partial charge in [-0.3, -0.25) is 14.4 Å². The Kier molecular flexibility index (Phi) is 7.50. The number of ether oxygens (including phenoxy) is 1. The van der Waals surface area contributed by atoms with E-state index in [-0.39, 0.29) is 23.6 Å². The maximum Gasteiger partial charge on any atom is 0.253 e. The molecule has 0 aliphatic carbocycles. The second-order valence-corrected chi connectivity index (χ2v) is 9.21. The summed E-state index contributed by atoms with van der Waals surface area (Å²) in [4.78, 5) is 43.1. The van der Waals surface area contributed by atoms with Gasteiger partial charge in [-0.15, -0.1) is 0 Å². The van der Waals surface area contributed by atoms with Crippen LogP contribution >= 0.6 is 0 Å². The lowest BCUT2D eigenvalue weighted by molar-refractivity contribution is -0.134. The predicted molar refractivity (Wildman–Crippen MR) is 130 cm³/mol. The number of nitrogens with one attached hydrogen (secondary N) is 1. The van der Waals surface area contributed by atoms with Gasteiger partial charge in [-0.2, -0.15) is 0 Å². The Morgan fingerprint density at radius 2 is 1.59 bits per heavy atom. The summed E-state index contributed by atoms with van der Waals surface area (Å²) in [5.41, 5.74) is 2.24. The summed E-state index contributed by atoms with van der Waals surface area (Å²) in [6.45, 7) is 4.58. The van der Waals surface area contributed by atoms with Gasteiger partial charge < -0.3 is 19.9 Å². The summed E-state index contributed by atoms with van der Waals surface area (Å²) in [5, 5.41) is 3.03. The van der Waals surface area contributed by atoms with E-state index in [1.807, 2.05) is 41.0 Å². The van der Waals surface area contributed by atoms with Crippen molar-refractivity contribution in [2.45, 2.75) is 38.6 Å². The van der Waals surface area contributed by atoms with Crippen molar-refractivity contribution in [1.82, 2.24) is 15.1 Å². The molecule has 4 rings (SSSR count). The number of rotatable bonds is 6. The molecular formula is C27H33N3O4. The second-order valence-electron chi connectivity index (χ2n) is 9.21. The summed E-state index contributed by atoms with van der Waals surface area (Å²) in [6, 6.07) is 13.9. The zero-order chi connectivity index (χ0) is 24.1. The lowest BCUT2D eigenvalue weighted by Gasteiger charge is -2.37. The topological polar surface area (TPSA) is 79.0 Å². The van der Waals surface area contributed by atoms with Gasteiger partial charge in [-0.25, -0.2) is 0 Å². The first-order chi connectivity index (χ1) is 16.5. The van der Waals surface area contributed by atoms with E-state index >= 15 is 0 Å².